The summed E-state index contributed by atoms with van der Waals surface area (Å²) in [5.74, 6) is 0.554. The summed E-state index contributed by atoms with van der Waals surface area (Å²) >= 11 is 0. The second-order valence-electron chi connectivity index (χ2n) is 4.03. The van der Waals surface area contributed by atoms with Crippen LogP contribution in [-0.2, 0) is 0 Å². The molecule has 0 aliphatic heterocycles. The van der Waals surface area contributed by atoms with Crippen molar-refractivity contribution in [3.8, 4) is 0 Å². The number of hydrogen-bond acceptors (Lipinski definition) is 2. The van der Waals surface area contributed by atoms with Gasteiger partial charge in [0.25, 0.3) is 5.91 Å². The Bertz CT molecular complexity index is 346. The van der Waals surface area contributed by atoms with Gasteiger partial charge in [0.05, 0.1) is 5.56 Å². The van der Waals surface area contributed by atoms with Crippen molar-refractivity contribution in [2.75, 3.05) is 6.54 Å². The van der Waals surface area contributed by atoms with Gasteiger partial charge in [-0.3, -0.25) is 9.78 Å². The van der Waals surface area contributed by atoms with E-state index in [0.717, 1.165) is 25.1 Å². The van der Waals surface area contributed by atoms with Crippen LogP contribution in [0.2, 0.25) is 0 Å². The third-order valence-corrected chi connectivity index (χ3v) is 2.96. The number of carbonyl (C=O) groups excluding carboxylic acids is 1. The van der Waals surface area contributed by atoms with Gasteiger partial charge in [0.2, 0.25) is 0 Å². The van der Waals surface area contributed by atoms with Gasteiger partial charge in [-0.1, -0.05) is 26.7 Å². The Morgan fingerprint density at radius 2 is 2.12 bits per heavy atom. The summed E-state index contributed by atoms with van der Waals surface area (Å²) in [5.41, 5.74) is 1.46. The number of amides is 1. The largest absolute Gasteiger partial charge is 0.352 e. The Balaban J connectivity index is 2.56. The average molecular weight is 220 g/mol. The maximum Gasteiger partial charge on any atom is 0.253 e. The van der Waals surface area contributed by atoms with Crippen LogP contribution >= 0.6 is 0 Å². The van der Waals surface area contributed by atoms with Crippen molar-refractivity contribution in [2.24, 2.45) is 5.92 Å². The van der Waals surface area contributed by atoms with E-state index in [1.165, 1.54) is 0 Å². The third-order valence-electron chi connectivity index (χ3n) is 2.96. The molecule has 1 amide bonds. The highest BCUT2D eigenvalue weighted by Gasteiger charge is 2.10. The molecule has 0 aromatic carbocycles. The summed E-state index contributed by atoms with van der Waals surface area (Å²) < 4.78 is 0. The summed E-state index contributed by atoms with van der Waals surface area (Å²) in [6.07, 6.45) is 3.90. The summed E-state index contributed by atoms with van der Waals surface area (Å²) in [4.78, 5) is 16.0. The number of hydrogen-bond donors (Lipinski definition) is 1. The Morgan fingerprint density at radius 3 is 2.69 bits per heavy atom. The first-order valence-electron chi connectivity index (χ1n) is 5.88. The fourth-order valence-corrected chi connectivity index (χ4v) is 1.63. The van der Waals surface area contributed by atoms with E-state index >= 15 is 0 Å². The van der Waals surface area contributed by atoms with Gasteiger partial charge in [-0.25, -0.2) is 0 Å². The summed E-state index contributed by atoms with van der Waals surface area (Å²) in [6, 6.07) is 3.60. The topological polar surface area (TPSA) is 42.0 Å². The molecule has 1 heterocycles. The van der Waals surface area contributed by atoms with Gasteiger partial charge in [-0.05, 0) is 25.0 Å². The molecule has 16 heavy (non-hydrogen) atoms. The molecule has 0 saturated carbocycles. The molecule has 0 unspecified atom stereocenters. The molecule has 1 aromatic rings. The van der Waals surface area contributed by atoms with Crippen LogP contribution in [0.25, 0.3) is 0 Å². The SMILES string of the molecule is CCC(CC)CNC(=O)c1cccnc1C. The van der Waals surface area contributed by atoms with Crippen LogP contribution in [0.1, 0.15) is 42.7 Å². The van der Waals surface area contributed by atoms with Gasteiger partial charge in [0.15, 0.2) is 0 Å². The van der Waals surface area contributed by atoms with Crippen molar-refractivity contribution >= 4 is 5.91 Å². The molecule has 0 fully saturated rings. The fraction of sp³-hybridized carbons (Fsp3) is 0.538. The molecule has 1 aromatic heterocycles. The van der Waals surface area contributed by atoms with Crippen LogP contribution in [0.3, 0.4) is 0 Å². The zero-order valence-electron chi connectivity index (χ0n) is 10.3. The maximum absolute atomic E-state index is 11.9. The van der Waals surface area contributed by atoms with E-state index in [-0.39, 0.29) is 5.91 Å². The zero-order chi connectivity index (χ0) is 12.0. The first kappa shape index (κ1) is 12.7. The quantitative estimate of drug-likeness (QED) is 0.828. The molecule has 0 atom stereocenters. The lowest BCUT2D eigenvalue weighted by atomic mass is 10.0. The van der Waals surface area contributed by atoms with Gasteiger partial charge in [-0.15, -0.1) is 0 Å². The van der Waals surface area contributed by atoms with Crippen molar-refractivity contribution in [2.45, 2.75) is 33.6 Å². The fourth-order valence-electron chi connectivity index (χ4n) is 1.63. The van der Waals surface area contributed by atoms with E-state index in [1.807, 2.05) is 13.0 Å². The third kappa shape index (κ3) is 3.33. The Kier molecular flexibility index (Phi) is 4.96. The molecule has 0 spiro atoms. The van der Waals surface area contributed by atoms with Gasteiger partial charge in [-0.2, -0.15) is 0 Å². The number of nitrogens with zero attached hydrogens (tertiary/aromatic N) is 1. The molecule has 3 nitrogen and oxygen atoms in total. The normalized spacial score (nSPS) is 10.5. The molecule has 1 rings (SSSR count). The van der Waals surface area contributed by atoms with Gasteiger partial charge < -0.3 is 5.32 Å². The lowest BCUT2D eigenvalue weighted by molar-refractivity contribution is 0.0945. The van der Waals surface area contributed by atoms with Crippen LogP contribution < -0.4 is 5.32 Å². The molecule has 88 valence electrons. The number of aromatic nitrogens is 1. The van der Waals surface area contributed by atoms with Crippen LogP contribution in [0.15, 0.2) is 18.3 Å². The van der Waals surface area contributed by atoms with Crippen molar-refractivity contribution in [3.63, 3.8) is 0 Å². The van der Waals surface area contributed by atoms with Gasteiger partial charge >= 0.3 is 0 Å². The summed E-state index contributed by atoms with van der Waals surface area (Å²) in [5, 5.41) is 2.96. The molecule has 3 heteroatoms. The molecule has 0 saturated heterocycles. The van der Waals surface area contributed by atoms with Crippen molar-refractivity contribution in [1.29, 1.82) is 0 Å². The molecule has 0 aliphatic carbocycles. The number of nitrogens with one attached hydrogen (secondary N) is 1. The lowest BCUT2D eigenvalue weighted by Gasteiger charge is -2.13. The molecule has 1 N–H and O–H groups in total. The second-order valence-corrected chi connectivity index (χ2v) is 4.03. The summed E-state index contributed by atoms with van der Waals surface area (Å²) in [6.45, 7) is 6.90. The van der Waals surface area contributed by atoms with Crippen LogP contribution in [-0.4, -0.2) is 17.4 Å². The van der Waals surface area contributed by atoms with E-state index < -0.39 is 0 Å². The van der Waals surface area contributed by atoms with Crippen molar-refractivity contribution < 1.29 is 4.79 Å². The summed E-state index contributed by atoms with van der Waals surface area (Å²) in [7, 11) is 0. The predicted molar refractivity (Wildman–Crippen MR) is 65.4 cm³/mol. The first-order valence-corrected chi connectivity index (χ1v) is 5.88. The Labute approximate surface area is 97.3 Å². The lowest BCUT2D eigenvalue weighted by Crippen LogP contribution is -2.29. The maximum atomic E-state index is 11.9. The number of rotatable bonds is 5. The van der Waals surface area contributed by atoms with Crippen LogP contribution in [0.5, 0.6) is 0 Å². The minimum Gasteiger partial charge on any atom is -0.352 e. The van der Waals surface area contributed by atoms with E-state index in [4.69, 9.17) is 0 Å². The molecule has 0 bridgehead atoms. The highest BCUT2D eigenvalue weighted by Crippen LogP contribution is 2.07. The predicted octanol–water partition coefficient (Wildman–Crippen LogP) is 2.56. The van der Waals surface area contributed by atoms with Crippen LogP contribution in [0.4, 0.5) is 0 Å². The van der Waals surface area contributed by atoms with Crippen molar-refractivity contribution in [1.82, 2.24) is 10.3 Å². The minimum absolute atomic E-state index is 0.0162. The minimum atomic E-state index is -0.0162. The monoisotopic (exact) mass is 220 g/mol. The Morgan fingerprint density at radius 1 is 1.44 bits per heavy atom. The van der Waals surface area contributed by atoms with E-state index in [1.54, 1.807) is 12.3 Å². The van der Waals surface area contributed by atoms with Gasteiger partial charge in [0, 0.05) is 18.4 Å². The van der Waals surface area contributed by atoms with E-state index in [2.05, 4.69) is 24.1 Å². The zero-order valence-corrected chi connectivity index (χ0v) is 10.3. The number of pyridine rings is 1. The number of aryl methyl sites for hydroxylation is 1. The van der Waals surface area contributed by atoms with E-state index in [9.17, 15) is 4.79 Å². The standard InChI is InChI=1S/C13H20N2O/c1-4-11(5-2)9-15-13(16)12-7-6-8-14-10(12)3/h6-8,11H,4-5,9H2,1-3H3,(H,15,16). The van der Waals surface area contributed by atoms with E-state index in [0.29, 0.717) is 11.5 Å². The smallest absolute Gasteiger partial charge is 0.253 e. The highest BCUT2D eigenvalue weighted by molar-refractivity contribution is 5.95. The van der Waals surface area contributed by atoms with Crippen molar-refractivity contribution in [3.05, 3.63) is 29.6 Å². The first-order chi connectivity index (χ1) is 7.69. The van der Waals surface area contributed by atoms with Crippen LogP contribution in [0, 0.1) is 12.8 Å². The molecular formula is C13H20N2O. The number of carbonyl (C=O) groups is 1. The second kappa shape index (κ2) is 6.26. The van der Waals surface area contributed by atoms with Gasteiger partial charge in [0.1, 0.15) is 0 Å². The average Bonchev–Trinajstić information content (AvgIpc) is 2.30. The molecular weight excluding hydrogens is 200 g/mol. The molecule has 0 aliphatic rings. The highest BCUT2D eigenvalue weighted by atomic mass is 16.1. The Hall–Kier alpha value is -1.38. The molecule has 0 radical (unpaired) electrons.